The summed E-state index contributed by atoms with van der Waals surface area (Å²) in [4.78, 5) is 13.0. The minimum Gasteiger partial charge on any atom is -0.377 e. The molecular formula is C15H18N2O2S. The van der Waals surface area contributed by atoms with Gasteiger partial charge in [0, 0.05) is 27.6 Å². The second-order valence-electron chi connectivity index (χ2n) is 4.78. The van der Waals surface area contributed by atoms with Crippen LogP contribution in [0.25, 0.3) is 0 Å². The molecule has 2 aromatic rings. The molecule has 0 bridgehead atoms. The van der Waals surface area contributed by atoms with Crippen molar-refractivity contribution in [2.24, 2.45) is 0 Å². The second kappa shape index (κ2) is 6.05. The molecule has 106 valence electrons. The van der Waals surface area contributed by atoms with E-state index in [0.717, 1.165) is 17.7 Å². The fraction of sp³-hybridized carbons (Fsp3) is 0.333. The number of thiophene rings is 1. The van der Waals surface area contributed by atoms with Crippen LogP contribution in [0.5, 0.6) is 0 Å². The van der Waals surface area contributed by atoms with Gasteiger partial charge in [-0.25, -0.2) is 0 Å². The number of rotatable bonds is 5. The number of aryl methyl sites for hydroxylation is 2. The normalized spacial score (nSPS) is 12.2. The molecule has 4 nitrogen and oxygen atoms in total. The highest BCUT2D eigenvalue weighted by Crippen LogP contribution is 2.29. The Labute approximate surface area is 122 Å². The third kappa shape index (κ3) is 3.17. The van der Waals surface area contributed by atoms with Gasteiger partial charge in [-0.3, -0.25) is 10.1 Å². The summed E-state index contributed by atoms with van der Waals surface area (Å²) >= 11 is 1.80. The van der Waals surface area contributed by atoms with Crippen LogP contribution in [0.15, 0.2) is 30.3 Å². The molecule has 0 aliphatic carbocycles. The Kier molecular flexibility index (Phi) is 4.39. The Hall–Kier alpha value is -1.88. The Balaban J connectivity index is 2.15. The van der Waals surface area contributed by atoms with Crippen LogP contribution in [0.2, 0.25) is 0 Å². The van der Waals surface area contributed by atoms with E-state index in [1.54, 1.807) is 23.5 Å². The highest BCUT2D eigenvalue weighted by molar-refractivity contribution is 7.12. The largest absolute Gasteiger partial charge is 0.377 e. The number of nitrogens with zero attached hydrogens (tertiary/aromatic N) is 1. The summed E-state index contributed by atoms with van der Waals surface area (Å²) in [7, 11) is 0. The average molecular weight is 290 g/mol. The molecule has 0 aliphatic rings. The summed E-state index contributed by atoms with van der Waals surface area (Å²) in [5.41, 5.74) is 1.96. The summed E-state index contributed by atoms with van der Waals surface area (Å²) in [6.07, 6.45) is 1.05. The zero-order valence-electron chi connectivity index (χ0n) is 11.8. The van der Waals surface area contributed by atoms with Gasteiger partial charge in [-0.2, -0.15) is 0 Å². The van der Waals surface area contributed by atoms with E-state index in [2.05, 4.69) is 31.3 Å². The van der Waals surface area contributed by atoms with E-state index in [1.165, 1.54) is 15.8 Å². The fourth-order valence-electron chi connectivity index (χ4n) is 2.04. The highest BCUT2D eigenvalue weighted by Gasteiger charge is 2.12. The van der Waals surface area contributed by atoms with Gasteiger partial charge in [-0.1, -0.05) is 6.92 Å². The van der Waals surface area contributed by atoms with Crippen molar-refractivity contribution in [3.63, 3.8) is 0 Å². The first-order chi connectivity index (χ1) is 9.51. The molecule has 5 heteroatoms. The molecule has 0 amide bonds. The number of non-ortho nitro benzene ring substituents is 1. The predicted molar refractivity (Wildman–Crippen MR) is 83.6 cm³/mol. The molecule has 0 aliphatic heterocycles. The molecule has 1 atom stereocenters. The van der Waals surface area contributed by atoms with E-state index in [9.17, 15) is 10.1 Å². The summed E-state index contributed by atoms with van der Waals surface area (Å²) in [5, 5.41) is 14.1. The Bertz CT molecular complexity index is 622. The number of benzene rings is 1. The van der Waals surface area contributed by atoms with Crippen molar-refractivity contribution in [2.75, 3.05) is 5.32 Å². The molecule has 20 heavy (non-hydrogen) atoms. The lowest BCUT2D eigenvalue weighted by atomic mass is 10.1. The number of nitro groups is 1. The standard InChI is InChI=1S/C15H18N2O2S/c1-4-13-6-8-15(20-13)11(3)16-14-7-5-12(17(18)19)9-10(14)2/h5-9,11,16H,4H2,1-3H3. The third-order valence-electron chi connectivity index (χ3n) is 3.25. The minimum atomic E-state index is -0.368. The summed E-state index contributed by atoms with van der Waals surface area (Å²) in [6, 6.07) is 9.40. The van der Waals surface area contributed by atoms with Crippen LogP contribution < -0.4 is 5.32 Å². The maximum absolute atomic E-state index is 10.7. The number of nitrogens with one attached hydrogen (secondary N) is 1. The van der Waals surface area contributed by atoms with Crippen LogP contribution in [0.3, 0.4) is 0 Å². The molecule has 0 saturated carbocycles. The maximum atomic E-state index is 10.7. The fourth-order valence-corrected chi connectivity index (χ4v) is 3.00. The number of hydrogen-bond acceptors (Lipinski definition) is 4. The molecule has 1 unspecified atom stereocenters. The van der Waals surface area contributed by atoms with Crippen molar-refractivity contribution in [3.05, 3.63) is 55.8 Å². The first kappa shape index (κ1) is 14.5. The SMILES string of the molecule is CCc1ccc(C(C)Nc2ccc([N+](=O)[O-])cc2C)s1. The Morgan fingerprint density at radius 2 is 2.10 bits per heavy atom. The zero-order chi connectivity index (χ0) is 14.7. The first-order valence-electron chi connectivity index (χ1n) is 6.61. The van der Waals surface area contributed by atoms with E-state index < -0.39 is 0 Å². The molecular weight excluding hydrogens is 272 g/mol. The monoisotopic (exact) mass is 290 g/mol. The number of anilines is 1. The van der Waals surface area contributed by atoms with Crippen molar-refractivity contribution in [2.45, 2.75) is 33.2 Å². The zero-order valence-corrected chi connectivity index (χ0v) is 12.7. The quantitative estimate of drug-likeness (QED) is 0.641. The van der Waals surface area contributed by atoms with E-state index in [1.807, 2.05) is 6.92 Å². The van der Waals surface area contributed by atoms with E-state index >= 15 is 0 Å². The lowest BCUT2D eigenvalue weighted by Crippen LogP contribution is -2.06. The third-order valence-corrected chi connectivity index (χ3v) is 4.66. The van der Waals surface area contributed by atoms with Gasteiger partial charge < -0.3 is 5.32 Å². The molecule has 0 fully saturated rings. The lowest BCUT2D eigenvalue weighted by molar-refractivity contribution is -0.384. The molecule has 2 rings (SSSR count). The molecule has 0 radical (unpaired) electrons. The summed E-state index contributed by atoms with van der Waals surface area (Å²) in [6.45, 7) is 6.13. The maximum Gasteiger partial charge on any atom is 0.269 e. The van der Waals surface area contributed by atoms with E-state index in [4.69, 9.17) is 0 Å². The summed E-state index contributed by atoms with van der Waals surface area (Å²) < 4.78 is 0. The van der Waals surface area contributed by atoms with Crippen LogP contribution in [-0.4, -0.2) is 4.92 Å². The van der Waals surface area contributed by atoms with Crippen molar-refractivity contribution in [1.82, 2.24) is 0 Å². The van der Waals surface area contributed by atoms with Gasteiger partial charge in [0.15, 0.2) is 0 Å². The molecule has 0 spiro atoms. The number of hydrogen-bond donors (Lipinski definition) is 1. The van der Waals surface area contributed by atoms with Gasteiger partial charge in [0.2, 0.25) is 0 Å². The van der Waals surface area contributed by atoms with Crippen LogP contribution in [-0.2, 0) is 6.42 Å². The van der Waals surface area contributed by atoms with Crippen LogP contribution in [0.1, 0.15) is 35.2 Å². The highest BCUT2D eigenvalue weighted by atomic mass is 32.1. The van der Waals surface area contributed by atoms with Gasteiger partial charge in [0.1, 0.15) is 0 Å². The van der Waals surface area contributed by atoms with Crippen LogP contribution in [0.4, 0.5) is 11.4 Å². The molecule has 1 aromatic carbocycles. The Morgan fingerprint density at radius 3 is 2.65 bits per heavy atom. The van der Waals surface area contributed by atoms with E-state index in [0.29, 0.717) is 0 Å². The predicted octanol–water partition coefficient (Wildman–Crippen LogP) is 4.70. The molecule has 1 heterocycles. The molecule has 1 N–H and O–H groups in total. The van der Waals surface area contributed by atoms with Gasteiger partial charge in [-0.05, 0) is 44.0 Å². The van der Waals surface area contributed by atoms with Crippen molar-refractivity contribution < 1.29 is 4.92 Å². The Morgan fingerprint density at radius 1 is 1.35 bits per heavy atom. The van der Waals surface area contributed by atoms with E-state index in [-0.39, 0.29) is 16.7 Å². The van der Waals surface area contributed by atoms with Gasteiger partial charge in [0.25, 0.3) is 5.69 Å². The molecule has 0 saturated heterocycles. The average Bonchev–Trinajstić information content (AvgIpc) is 2.89. The lowest BCUT2D eigenvalue weighted by Gasteiger charge is -2.15. The van der Waals surface area contributed by atoms with Crippen molar-refractivity contribution >= 4 is 22.7 Å². The van der Waals surface area contributed by atoms with Crippen LogP contribution >= 0.6 is 11.3 Å². The van der Waals surface area contributed by atoms with Crippen LogP contribution in [0, 0.1) is 17.0 Å². The first-order valence-corrected chi connectivity index (χ1v) is 7.43. The second-order valence-corrected chi connectivity index (χ2v) is 5.98. The number of nitro benzene ring substituents is 1. The summed E-state index contributed by atoms with van der Waals surface area (Å²) in [5.74, 6) is 0. The minimum absolute atomic E-state index is 0.130. The van der Waals surface area contributed by atoms with Crippen molar-refractivity contribution in [1.29, 1.82) is 0 Å². The van der Waals surface area contributed by atoms with Gasteiger partial charge in [0.05, 0.1) is 11.0 Å². The topological polar surface area (TPSA) is 55.2 Å². The van der Waals surface area contributed by atoms with Crippen molar-refractivity contribution in [3.8, 4) is 0 Å². The van der Waals surface area contributed by atoms with Gasteiger partial charge >= 0.3 is 0 Å². The molecule has 1 aromatic heterocycles. The van der Waals surface area contributed by atoms with Gasteiger partial charge in [-0.15, -0.1) is 11.3 Å². The smallest absolute Gasteiger partial charge is 0.269 e.